The Morgan fingerprint density at radius 3 is 2.18 bits per heavy atom. The number of oxazole rings is 1. The van der Waals surface area contributed by atoms with E-state index in [9.17, 15) is 4.39 Å². The van der Waals surface area contributed by atoms with E-state index in [1.807, 2.05) is 36.4 Å². The standard InChI is InChI=1S/C22H12ClFN2OS/c23-17-7-11-19(12-8-17)28-22-20(15-3-1-14(13-25)2-4-15)26-21(27-22)16-5-9-18(24)10-6-16/h1-12H. The molecule has 3 nitrogen and oxygen atoms in total. The minimum absolute atomic E-state index is 0.321. The zero-order chi connectivity index (χ0) is 19.5. The van der Waals surface area contributed by atoms with Crippen LogP contribution in [0.5, 0.6) is 0 Å². The van der Waals surface area contributed by atoms with E-state index in [0.29, 0.717) is 32.8 Å². The van der Waals surface area contributed by atoms with Gasteiger partial charge in [-0.05, 0) is 72.4 Å². The van der Waals surface area contributed by atoms with Crippen molar-refractivity contribution in [2.75, 3.05) is 0 Å². The molecule has 1 aromatic heterocycles. The zero-order valence-corrected chi connectivity index (χ0v) is 16.0. The lowest BCUT2D eigenvalue weighted by atomic mass is 10.1. The molecule has 0 aliphatic carbocycles. The molecular formula is C22H12ClFN2OS. The Bertz CT molecular complexity index is 1150. The molecule has 0 aliphatic heterocycles. The van der Waals surface area contributed by atoms with Gasteiger partial charge in [0.1, 0.15) is 11.5 Å². The molecule has 0 unspecified atom stereocenters. The van der Waals surface area contributed by atoms with E-state index in [1.54, 1.807) is 24.3 Å². The zero-order valence-electron chi connectivity index (χ0n) is 14.4. The van der Waals surface area contributed by atoms with Crippen molar-refractivity contribution in [1.29, 1.82) is 5.26 Å². The van der Waals surface area contributed by atoms with E-state index < -0.39 is 0 Å². The molecule has 0 amide bonds. The SMILES string of the molecule is N#Cc1ccc(-c2nc(-c3ccc(F)cc3)oc2Sc2ccc(Cl)cc2)cc1. The summed E-state index contributed by atoms with van der Waals surface area (Å²) in [5, 5.41) is 10.3. The molecule has 0 saturated heterocycles. The number of nitriles is 1. The largest absolute Gasteiger partial charge is 0.429 e. The fraction of sp³-hybridized carbons (Fsp3) is 0. The minimum Gasteiger partial charge on any atom is -0.429 e. The second-order valence-corrected chi connectivity index (χ2v) is 7.39. The molecule has 1 heterocycles. The van der Waals surface area contributed by atoms with Gasteiger partial charge in [-0.3, -0.25) is 0 Å². The number of nitrogens with zero attached hydrogens (tertiary/aromatic N) is 2. The highest BCUT2D eigenvalue weighted by Crippen LogP contribution is 2.39. The van der Waals surface area contributed by atoms with Gasteiger partial charge in [0.25, 0.3) is 0 Å². The lowest BCUT2D eigenvalue weighted by Crippen LogP contribution is -1.83. The van der Waals surface area contributed by atoms with E-state index in [1.165, 1.54) is 23.9 Å². The first kappa shape index (κ1) is 18.3. The lowest BCUT2D eigenvalue weighted by molar-refractivity contribution is 0.485. The first-order valence-corrected chi connectivity index (χ1v) is 9.52. The van der Waals surface area contributed by atoms with Gasteiger partial charge in [-0.25, -0.2) is 9.37 Å². The molecule has 6 heteroatoms. The smallest absolute Gasteiger partial charge is 0.228 e. The number of benzene rings is 3. The molecule has 3 aromatic carbocycles. The van der Waals surface area contributed by atoms with Crippen LogP contribution < -0.4 is 0 Å². The van der Waals surface area contributed by atoms with Crippen molar-refractivity contribution < 1.29 is 8.81 Å². The van der Waals surface area contributed by atoms with E-state index in [4.69, 9.17) is 21.3 Å². The normalized spacial score (nSPS) is 10.6. The predicted octanol–water partition coefficient (Wildman–Crippen LogP) is 6.82. The maximum absolute atomic E-state index is 13.3. The van der Waals surface area contributed by atoms with Crippen LogP contribution in [0.3, 0.4) is 0 Å². The van der Waals surface area contributed by atoms with Crippen LogP contribution in [0.2, 0.25) is 5.02 Å². The summed E-state index contributed by atoms with van der Waals surface area (Å²) in [6.45, 7) is 0. The summed E-state index contributed by atoms with van der Waals surface area (Å²) in [5.74, 6) is 0.0780. The molecule has 0 aliphatic rings. The summed E-state index contributed by atoms with van der Waals surface area (Å²) in [5.41, 5.74) is 2.73. The average molecular weight is 407 g/mol. The summed E-state index contributed by atoms with van der Waals surface area (Å²) in [6, 6.07) is 22.6. The third kappa shape index (κ3) is 3.94. The Morgan fingerprint density at radius 1 is 0.893 bits per heavy atom. The van der Waals surface area contributed by atoms with E-state index in [0.717, 1.165) is 10.5 Å². The molecule has 136 valence electrons. The van der Waals surface area contributed by atoms with Crippen LogP contribution in [-0.4, -0.2) is 4.98 Å². The molecule has 4 rings (SSSR count). The van der Waals surface area contributed by atoms with Crippen molar-refractivity contribution in [3.8, 4) is 28.8 Å². The predicted molar refractivity (Wildman–Crippen MR) is 108 cm³/mol. The van der Waals surface area contributed by atoms with Crippen molar-refractivity contribution in [2.45, 2.75) is 9.99 Å². The maximum atomic E-state index is 13.3. The lowest BCUT2D eigenvalue weighted by Gasteiger charge is -2.02. The van der Waals surface area contributed by atoms with Crippen molar-refractivity contribution in [2.24, 2.45) is 0 Å². The van der Waals surface area contributed by atoms with E-state index in [-0.39, 0.29) is 5.82 Å². The molecular weight excluding hydrogens is 395 g/mol. The second-order valence-electron chi connectivity index (χ2n) is 5.91. The Balaban J connectivity index is 1.78. The number of halogens is 2. The minimum atomic E-state index is -0.321. The Labute approximate surface area is 170 Å². The van der Waals surface area contributed by atoms with Crippen LogP contribution in [0.1, 0.15) is 5.56 Å². The Hall–Kier alpha value is -3.07. The van der Waals surface area contributed by atoms with Crippen molar-refractivity contribution in [3.63, 3.8) is 0 Å². The first-order chi connectivity index (χ1) is 13.6. The first-order valence-electron chi connectivity index (χ1n) is 8.33. The van der Waals surface area contributed by atoms with Crippen LogP contribution in [0.25, 0.3) is 22.7 Å². The number of aromatic nitrogens is 1. The fourth-order valence-electron chi connectivity index (χ4n) is 2.59. The molecule has 0 bridgehead atoms. The summed E-state index contributed by atoms with van der Waals surface area (Å²) < 4.78 is 19.3. The van der Waals surface area contributed by atoms with Crippen LogP contribution >= 0.6 is 23.4 Å². The van der Waals surface area contributed by atoms with Gasteiger partial charge in [0.05, 0.1) is 11.6 Å². The quantitative estimate of drug-likeness (QED) is 0.373. The van der Waals surface area contributed by atoms with Crippen molar-refractivity contribution in [3.05, 3.63) is 89.2 Å². The third-order valence-electron chi connectivity index (χ3n) is 4.00. The van der Waals surface area contributed by atoms with Gasteiger partial charge < -0.3 is 4.42 Å². The van der Waals surface area contributed by atoms with Crippen LogP contribution in [0, 0.1) is 17.1 Å². The van der Waals surface area contributed by atoms with Crippen molar-refractivity contribution in [1.82, 2.24) is 4.98 Å². The highest BCUT2D eigenvalue weighted by Gasteiger charge is 2.18. The van der Waals surface area contributed by atoms with Gasteiger partial charge in [-0.2, -0.15) is 5.26 Å². The second kappa shape index (κ2) is 7.89. The number of hydrogen-bond donors (Lipinski definition) is 0. The highest BCUT2D eigenvalue weighted by atomic mass is 35.5. The van der Waals surface area contributed by atoms with E-state index >= 15 is 0 Å². The van der Waals surface area contributed by atoms with Crippen LogP contribution in [-0.2, 0) is 0 Å². The average Bonchev–Trinajstić information content (AvgIpc) is 3.14. The Kier molecular flexibility index (Phi) is 5.16. The number of rotatable bonds is 4. The molecule has 0 fully saturated rings. The molecule has 0 radical (unpaired) electrons. The monoisotopic (exact) mass is 406 g/mol. The fourth-order valence-corrected chi connectivity index (χ4v) is 3.58. The summed E-state index contributed by atoms with van der Waals surface area (Å²) in [6.07, 6.45) is 0. The van der Waals surface area contributed by atoms with Gasteiger partial charge in [0.15, 0.2) is 5.09 Å². The highest BCUT2D eigenvalue weighted by molar-refractivity contribution is 7.99. The summed E-state index contributed by atoms with van der Waals surface area (Å²) in [4.78, 5) is 5.58. The van der Waals surface area contributed by atoms with Gasteiger partial charge in [-0.15, -0.1) is 0 Å². The molecule has 0 spiro atoms. The summed E-state index contributed by atoms with van der Waals surface area (Å²) in [7, 11) is 0. The third-order valence-corrected chi connectivity index (χ3v) is 5.22. The van der Waals surface area contributed by atoms with Crippen molar-refractivity contribution >= 4 is 23.4 Å². The molecule has 4 aromatic rings. The number of hydrogen-bond acceptors (Lipinski definition) is 4. The topological polar surface area (TPSA) is 49.8 Å². The van der Waals surface area contributed by atoms with Crippen LogP contribution in [0.15, 0.2) is 87.2 Å². The maximum Gasteiger partial charge on any atom is 0.228 e. The van der Waals surface area contributed by atoms with Gasteiger partial charge in [-0.1, -0.05) is 23.7 Å². The van der Waals surface area contributed by atoms with Gasteiger partial charge >= 0.3 is 0 Å². The van der Waals surface area contributed by atoms with E-state index in [2.05, 4.69) is 11.1 Å². The summed E-state index contributed by atoms with van der Waals surface area (Å²) >= 11 is 7.38. The Morgan fingerprint density at radius 2 is 1.54 bits per heavy atom. The van der Waals surface area contributed by atoms with Gasteiger partial charge in [0.2, 0.25) is 5.89 Å². The molecule has 28 heavy (non-hydrogen) atoms. The van der Waals surface area contributed by atoms with Crippen LogP contribution in [0.4, 0.5) is 4.39 Å². The molecule has 0 saturated carbocycles. The molecule has 0 atom stereocenters. The molecule has 0 N–H and O–H groups in total. The van der Waals surface area contributed by atoms with Gasteiger partial charge in [0, 0.05) is 21.0 Å².